The van der Waals surface area contributed by atoms with Crippen LogP contribution in [0.2, 0.25) is 0 Å². The lowest BCUT2D eigenvalue weighted by Gasteiger charge is -2.29. The molecular weight excluding hydrogens is 420 g/mol. The van der Waals surface area contributed by atoms with Crippen LogP contribution in [0.5, 0.6) is 0 Å². The smallest absolute Gasteiger partial charge is 0.373 e. The van der Waals surface area contributed by atoms with Crippen molar-refractivity contribution in [2.45, 2.75) is 35.3 Å². The molecule has 134 valence electrons. The van der Waals surface area contributed by atoms with Crippen molar-refractivity contribution >= 4 is 27.7 Å². The van der Waals surface area contributed by atoms with E-state index >= 15 is 0 Å². The van der Waals surface area contributed by atoms with E-state index in [1.54, 1.807) is 18.2 Å². The maximum Gasteiger partial charge on any atom is 0.416 e. The van der Waals surface area contributed by atoms with E-state index in [0.717, 1.165) is 18.1 Å². The van der Waals surface area contributed by atoms with Crippen LogP contribution in [0.3, 0.4) is 0 Å². The molecule has 25 heavy (non-hydrogen) atoms. The van der Waals surface area contributed by atoms with Crippen molar-refractivity contribution in [3.63, 3.8) is 0 Å². The SMILES string of the molecule is Fc1ccc(C2CC(Sc3cccc(C(F)(F)F)c3)CCO2)cc1Br. The average Bonchev–Trinajstić information content (AvgIpc) is 2.57. The summed E-state index contributed by atoms with van der Waals surface area (Å²) in [6, 6.07) is 10.1. The Morgan fingerprint density at radius 1 is 1.12 bits per heavy atom. The van der Waals surface area contributed by atoms with Gasteiger partial charge < -0.3 is 4.74 Å². The molecular formula is C18H15BrF4OS. The first-order valence-corrected chi connectivity index (χ1v) is 9.40. The Balaban J connectivity index is 1.70. The molecule has 3 rings (SSSR count). The van der Waals surface area contributed by atoms with E-state index in [9.17, 15) is 17.6 Å². The highest BCUT2D eigenvalue weighted by atomic mass is 79.9. The summed E-state index contributed by atoms with van der Waals surface area (Å²) < 4.78 is 58.0. The fourth-order valence-corrected chi connectivity index (χ4v) is 4.38. The van der Waals surface area contributed by atoms with Crippen molar-refractivity contribution in [2.75, 3.05) is 6.61 Å². The predicted octanol–water partition coefficient (Wildman–Crippen LogP) is 6.62. The highest BCUT2D eigenvalue weighted by Gasteiger charge is 2.31. The second-order valence-corrected chi connectivity index (χ2v) is 8.05. The molecule has 0 aromatic heterocycles. The van der Waals surface area contributed by atoms with Gasteiger partial charge in [0, 0.05) is 16.8 Å². The van der Waals surface area contributed by atoms with E-state index in [1.807, 2.05) is 0 Å². The minimum atomic E-state index is -4.34. The van der Waals surface area contributed by atoms with Crippen molar-refractivity contribution in [2.24, 2.45) is 0 Å². The molecule has 0 aliphatic carbocycles. The van der Waals surface area contributed by atoms with Crippen molar-refractivity contribution < 1.29 is 22.3 Å². The number of thioether (sulfide) groups is 1. The van der Waals surface area contributed by atoms with Crippen molar-refractivity contribution in [3.05, 3.63) is 63.9 Å². The predicted molar refractivity (Wildman–Crippen MR) is 93.1 cm³/mol. The summed E-state index contributed by atoms with van der Waals surface area (Å²) in [6.07, 6.45) is -3.09. The molecule has 0 bridgehead atoms. The van der Waals surface area contributed by atoms with Crippen LogP contribution in [0.25, 0.3) is 0 Å². The maximum absolute atomic E-state index is 13.4. The zero-order valence-corrected chi connectivity index (χ0v) is 15.4. The standard InChI is InChI=1S/C18H15BrF4OS/c19-15-8-11(4-5-16(15)20)17-10-14(6-7-24-17)25-13-3-1-2-12(9-13)18(21,22)23/h1-5,8-9,14,17H,6-7,10H2. The minimum absolute atomic E-state index is 0.145. The molecule has 2 atom stereocenters. The summed E-state index contributed by atoms with van der Waals surface area (Å²) in [5, 5.41) is 0.145. The second kappa shape index (κ2) is 7.68. The van der Waals surface area contributed by atoms with Crippen LogP contribution in [0, 0.1) is 5.82 Å². The van der Waals surface area contributed by atoms with Gasteiger partial charge in [-0.25, -0.2) is 4.39 Å². The molecule has 0 spiro atoms. The van der Waals surface area contributed by atoms with E-state index < -0.39 is 11.7 Å². The van der Waals surface area contributed by atoms with Crippen LogP contribution in [0.15, 0.2) is 51.8 Å². The monoisotopic (exact) mass is 434 g/mol. The molecule has 1 heterocycles. The van der Waals surface area contributed by atoms with E-state index in [4.69, 9.17) is 4.74 Å². The summed E-state index contributed by atoms with van der Waals surface area (Å²) in [7, 11) is 0. The number of hydrogen-bond acceptors (Lipinski definition) is 2. The Hall–Kier alpha value is -1.05. The summed E-state index contributed by atoms with van der Waals surface area (Å²) >= 11 is 4.60. The van der Waals surface area contributed by atoms with Crippen molar-refractivity contribution in [1.29, 1.82) is 0 Å². The number of benzene rings is 2. The van der Waals surface area contributed by atoms with E-state index in [-0.39, 0.29) is 17.2 Å². The van der Waals surface area contributed by atoms with Crippen molar-refractivity contribution in [3.8, 4) is 0 Å². The van der Waals surface area contributed by atoms with Crippen LogP contribution < -0.4 is 0 Å². The summed E-state index contributed by atoms with van der Waals surface area (Å²) in [5.41, 5.74) is 0.228. The number of alkyl halides is 3. The molecule has 2 aromatic carbocycles. The molecule has 2 unspecified atom stereocenters. The lowest BCUT2D eigenvalue weighted by atomic mass is 10.0. The third-order valence-electron chi connectivity index (χ3n) is 4.02. The van der Waals surface area contributed by atoms with Gasteiger partial charge in [0.25, 0.3) is 0 Å². The van der Waals surface area contributed by atoms with Gasteiger partial charge in [0.2, 0.25) is 0 Å². The fourth-order valence-electron chi connectivity index (χ4n) is 2.76. The first-order chi connectivity index (χ1) is 11.8. The summed E-state index contributed by atoms with van der Waals surface area (Å²) in [5.74, 6) is -0.338. The summed E-state index contributed by atoms with van der Waals surface area (Å²) in [4.78, 5) is 0.598. The van der Waals surface area contributed by atoms with E-state index in [0.29, 0.717) is 22.4 Å². The zero-order chi connectivity index (χ0) is 18.0. The molecule has 0 radical (unpaired) electrons. The molecule has 1 aliphatic rings. The van der Waals surface area contributed by atoms with Gasteiger partial charge in [-0.2, -0.15) is 13.2 Å². The second-order valence-electron chi connectivity index (χ2n) is 5.82. The van der Waals surface area contributed by atoms with Crippen LogP contribution in [-0.2, 0) is 10.9 Å². The van der Waals surface area contributed by atoms with Gasteiger partial charge in [-0.1, -0.05) is 12.1 Å². The molecule has 0 saturated carbocycles. The number of hydrogen-bond donors (Lipinski definition) is 0. The Morgan fingerprint density at radius 2 is 1.92 bits per heavy atom. The van der Waals surface area contributed by atoms with Gasteiger partial charge in [-0.05, 0) is 64.7 Å². The van der Waals surface area contributed by atoms with E-state index in [1.165, 1.54) is 30.0 Å². The third kappa shape index (κ3) is 4.77. The first kappa shape index (κ1) is 18.7. The minimum Gasteiger partial charge on any atom is -0.373 e. The number of halogens is 5. The molecule has 7 heteroatoms. The average molecular weight is 435 g/mol. The van der Waals surface area contributed by atoms with Gasteiger partial charge in [0.05, 0.1) is 16.1 Å². The topological polar surface area (TPSA) is 9.23 Å². The quantitative estimate of drug-likeness (QED) is 0.502. The van der Waals surface area contributed by atoms with Crippen LogP contribution in [0.1, 0.15) is 30.1 Å². The summed E-state index contributed by atoms with van der Waals surface area (Å²) in [6.45, 7) is 0.524. The lowest BCUT2D eigenvalue weighted by Crippen LogP contribution is -2.21. The van der Waals surface area contributed by atoms with Gasteiger partial charge in [0.1, 0.15) is 5.82 Å². The highest BCUT2D eigenvalue weighted by molar-refractivity contribution is 9.10. The molecule has 1 nitrogen and oxygen atoms in total. The lowest BCUT2D eigenvalue weighted by molar-refractivity contribution is -0.137. The fraction of sp³-hybridized carbons (Fsp3) is 0.333. The van der Waals surface area contributed by atoms with Gasteiger partial charge >= 0.3 is 6.18 Å². The van der Waals surface area contributed by atoms with Crippen LogP contribution >= 0.6 is 27.7 Å². The van der Waals surface area contributed by atoms with Gasteiger partial charge in [-0.3, -0.25) is 0 Å². The molecule has 0 amide bonds. The molecule has 1 saturated heterocycles. The van der Waals surface area contributed by atoms with Gasteiger partial charge in [0.15, 0.2) is 0 Å². The molecule has 2 aromatic rings. The molecule has 1 aliphatic heterocycles. The molecule has 1 fully saturated rings. The highest BCUT2D eigenvalue weighted by Crippen LogP contribution is 2.39. The number of ether oxygens (including phenoxy) is 1. The van der Waals surface area contributed by atoms with E-state index in [2.05, 4.69) is 15.9 Å². The Morgan fingerprint density at radius 3 is 2.64 bits per heavy atom. The normalized spacial score (nSPS) is 21.3. The number of rotatable bonds is 3. The van der Waals surface area contributed by atoms with Crippen molar-refractivity contribution in [1.82, 2.24) is 0 Å². The molecule has 0 N–H and O–H groups in total. The maximum atomic E-state index is 13.4. The largest absolute Gasteiger partial charge is 0.416 e. The van der Waals surface area contributed by atoms with Gasteiger partial charge in [-0.15, -0.1) is 11.8 Å². The van der Waals surface area contributed by atoms with Crippen LogP contribution in [0.4, 0.5) is 17.6 Å². The Labute approximate surface area is 155 Å². The Kier molecular flexibility index (Phi) is 5.75. The zero-order valence-electron chi connectivity index (χ0n) is 13.0. The first-order valence-electron chi connectivity index (χ1n) is 7.73. The Bertz CT molecular complexity index is 750. The van der Waals surface area contributed by atoms with Crippen LogP contribution in [-0.4, -0.2) is 11.9 Å². The third-order valence-corrected chi connectivity index (χ3v) is 5.91.